The van der Waals surface area contributed by atoms with E-state index in [0.29, 0.717) is 13.2 Å². The summed E-state index contributed by atoms with van der Waals surface area (Å²) in [5, 5.41) is 1.17. The summed E-state index contributed by atoms with van der Waals surface area (Å²) in [4.78, 5) is 7.27. The molecule has 0 saturated heterocycles. The lowest BCUT2D eigenvalue weighted by molar-refractivity contribution is 0.306. The molecule has 4 nitrogen and oxygen atoms in total. The zero-order chi connectivity index (χ0) is 13.1. The maximum atomic E-state index is 5.71. The first-order valence-corrected chi connectivity index (χ1v) is 6.18. The lowest BCUT2D eigenvalue weighted by Gasteiger charge is -2.04. The molecule has 0 unspecified atom stereocenters. The molecule has 0 radical (unpaired) electrons. The summed E-state index contributed by atoms with van der Waals surface area (Å²) in [7, 11) is 0. The minimum Gasteiger partial charge on any atom is -0.487 e. The van der Waals surface area contributed by atoms with E-state index >= 15 is 0 Å². The molecule has 0 aliphatic heterocycles. The number of pyridine rings is 1. The Morgan fingerprint density at radius 2 is 2.21 bits per heavy atom. The molecule has 2 heterocycles. The monoisotopic (exact) mass is 253 g/mol. The van der Waals surface area contributed by atoms with Crippen LogP contribution in [0, 0.1) is 0 Å². The first-order chi connectivity index (χ1) is 9.36. The highest BCUT2D eigenvalue weighted by atomic mass is 16.5. The van der Waals surface area contributed by atoms with Gasteiger partial charge in [0.05, 0.1) is 6.20 Å². The fourth-order valence-electron chi connectivity index (χ4n) is 2.07. The molecule has 0 atom stereocenters. The Balaban J connectivity index is 1.82. The van der Waals surface area contributed by atoms with Gasteiger partial charge in [0, 0.05) is 35.4 Å². The highest BCUT2D eigenvalue weighted by Gasteiger charge is 2.05. The summed E-state index contributed by atoms with van der Waals surface area (Å²) >= 11 is 0. The average Bonchev–Trinajstić information content (AvgIpc) is 2.88. The number of hydrogen-bond donors (Lipinski definition) is 2. The minimum absolute atomic E-state index is 0.521. The van der Waals surface area contributed by atoms with Crippen LogP contribution in [0.15, 0.2) is 48.9 Å². The van der Waals surface area contributed by atoms with Crippen LogP contribution in [-0.4, -0.2) is 9.97 Å². The third kappa shape index (κ3) is 2.44. The summed E-state index contributed by atoms with van der Waals surface area (Å²) < 4.78 is 5.71. The molecule has 2 aromatic heterocycles. The van der Waals surface area contributed by atoms with Gasteiger partial charge in [0.15, 0.2) is 0 Å². The van der Waals surface area contributed by atoms with Crippen molar-refractivity contribution >= 4 is 10.9 Å². The van der Waals surface area contributed by atoms with Gasteiger partial charge < -0.3 is 15.5 Å². The van der Waals surface area contributed by atoms with E-state index in [0.717, 1.165) is 22.4 Å². The van der Waals surface area contributed by atoms with Crippen molar-refractivity contribution in [2.24, 2.45) is 5.73 Å². The third-order valence-corrected chi connectivity index (χ3v) is 3.10. The summed E-state index contributed by atoms with van der Waals surface area (Å²) in [6.07, 6.45) is 5.41. The highest BCUT2D eigenvalue weighted by Crippen LogP contribution is 2.21. The first kappa shape index (κ1) is 11.7. The van der Waals surface area contributed by atoms with E-state index in [1.165, 1.54) is 5.39 Å². The number of H-pyrrole nitrogens is 1. The van der Waals surface area contributed by atoms with E-state index in [4.69, 9.17) is 10.5 Å². The van der Waals surface area contributed by atoms with Gasteiger partial charge in [-0.15, -0.1) is 0 Å². The number of hydrogen-bond acceptors (Lipinski definition) is 3. The summed E-state index contributed by atoms with van der Waals surface area (Å²) in [5.74, 6) is 0.774. The van der Waals surface area contributed by atoms with Gasteiger partial charge in [-0.3, -0.25) is 4.98 Å². The summed E-state index contributed by atoms with van der Waals surface area (Å²) in [6.45, 7) is 1.07. The quantitative estimate of drug-likeness (QED) is 0.751. The molecule has 0 fully saturated rings. The van der Waals surface area contributed by atoms with Crippen molar-refractivity contribution < 1.29 is 4.74 Å². The number of fused-ring (bicyclic) bond motifs is 1. The standard InChI is InChI=1S/C15H15N3O/c16-7-11-3-4-14-12(8-18-15(14)6-11)10-19-13-2-1-5-17-9-13/h1-6,8-9,18H,7,10,16H2. The molecular formula is C15H15N3O. The normalized spacial score (nSPS) is 10.8. The van der Waals surface area contributed by atoms with Crippen LogP contribution in [0.2, 0.25) is 0 Å². The maximum absolute atomic E-state index is 5.71. The molecule has 19 heavy (non-hydrogen) atoms. The molecular weight excluding hydrogens is 238 g/mol. The van der Waals surface area contributed by atoms with Crippen molar-refractivity contribution in [2.45, 2.75) is 13.2 Å². The van der Waals surface area contributed by atoms with Gasteiger partial charge in [-0.1, -0.05) is 12.1 Å². The Morgan fingerprint density at radius 1 is 1.26 bits per heavy atom. The SMILES string of the molecule is NCc1ccc2c(COc3cccnc3)c[nH]c2c1. The Labute approximate surface area is 111 Å². The molecule has 0 spiro atoms. The van der Waals surface area contributed by atoms with Crippen molar-refractivity contribution in [1.29, 1.82) is 0 Å². The molecule has 0 saturated carbocycles. The van der Waals surface area contributed by atoms with E-state index < -0.39 is 0 Å². The molecule has 0 amide bonds. The minimum atomic E-state index is 0.521. The molecule has 4 heteroatoms. The number of aromatic amines is 1. The molecule has 3 N–H and O–H groups in total. The van der Waals surface area contributed by atoms with Gasteiger partial charge in [-0.2, -0.15) is 0 Å². The van der Waals surface area contributed by atoms with Crippen molar-refractivity contribution in [3.63, 3.8) is 0 Å². The second-order valence-electron chi connectivity index (χ2n) is 4.38. The predicted octanol–water partition coefficient (Wildman–Crippen LogP) is 2.60. The molecule has 96 valence electrons. The van der Waals surface area contributed by atoms with E-state index in [1.807, 2.05) is 24.4 Å². The fourth-order valence-corrected chi connectivity index (χ4v) is 2.07. The lowest BCUT2D eigenvalue weighted by Crippen LogP contribution is -1.96. The second kappa shape index (κ2) is 5.12. The van der Waals surface area contributed by atoms with Crippen molar-refractivity contribution in [1.82, 2.24) is 9.97 Å². The van der Waals surface area contributed by atoms with E-state index in [9.17, 15) is 0 Å². The maximum Gasteiger partial charge on any atom is 0.138 e. The summed E-state index contributed by atoms with van der Waals surface area (Å²) in [5.41, 5.74) is 8.97. The molecule has 0 aliphatic rings. The van der Waals surface area contributed by atoms with Crippen LogP contribution >= 0.6 is 0 Å². The number of ether oxygens (including phenoxy) is 1. The van der Waals surface area contributed by atoms with E-state index in [2.05, 4.69) is 22.1 Å². The number of nitrogens with zero attached hydrogens (tertiary/aromatic N) is 1. The molecule has 0 aliphatic carbocycles. The molecule has 1 aromatic carbocycles. The van der Waals surface area contributed by atoms with E-state index in [1.54, 1.807) is 12.4 Å². The zero-order valence-corrected chi connectivity index (χ0v) is 10.5. The van der Waals surface area contributed by atoms with Crippen LogP contribution in [-0.2, 0) is 13.2 Å². The summed E-state index contributed by atoms with van der Waals surface area (Å²) in [6, 6.07) is 9.95. The molecule has 0 bridgehead atoms. The van der Waals surface area contributed by atoms with Crippen molar-refractivity contribution in [2.75, 3.05) is 0 Å². The van der Waals surface area contributed by atoms with Gasteiger partial charge in [0.25, 0.3) is 0 Å². The van der Waals surface area contributed by atoms with Crippen LogP contribution < -0.4 is 10.5 Å². The van der Waals surface area contributed by atoms with Crippen molar-refractivity contribution in [3.05, 3.63) is 60.0 Å². The Hall–Kier alpha value is -2.33. The van der Waals surface area contributed by atoms with E-state index in [-0.39, 0.29) is 0 Å². The fraction of sp³-hybridized carbons (Fsp3) is 0.133. The number of benzene rings is 1. The Bertz CT molecular complexity index is 676. The van der Waals surface area contributed by atoms with Gasteiger partial charge in [-0.05, 0) is 23.8 Å². The zero-order valence-electron chi connectivity index (χ0n) is 10.5. The Morgan fingerprint density at radius 3 is 3.00 bits per heavy atom. The Kier molecular flexibility index (Phi) is 3.16. The molecule has 3 rings (SSSR count). The first-order valence-electron chi connectivity index (χ1n) is 6.18. The third-order valence-electron chi connectivity index (χ3n) is 3.10. The van der Waals surface area contributed by atoms with Gasteiger partial charge in [0.1, 0.15) is 12.4 Å². The number of aromatic nitrogens is 2. The number of rotatable bonds is 4. The number of nitrogens with two attached hydrogens (primary N) is 1. The number of nitrogens with one attached hydrogen (secondary N) is 1. The van der Waals surface area contributed by atoms with Crippen LogP contribution in [0.4, 0.5) is 0 Å². The smallest absolute Gasteiger partial charge is 0.138 e. The van der Waals surface area contributed by atoms with Crippen LogP contribution in [0.5, 0.6) is 5.75 Å². The average molecular weight is 253 g/mol. The molecule has 3 aromatic rings. The van der Waals surface area contributed by atoms with Gasteiger partial charge in [-0.25, -0.2) is 0 Å². The van der Waals surface area contributed by atoms with Crippen LogP contribution in [0.25, 0.3) is 10.9 Å². The van der Waals surface area contributed by atoms with Gasteiger partial charge in [0.2, 0.25) is 0 Å². The van der Waals surface area contributed by atoms with Crippen LogP contribution in [0.1, 0.15) is 11.1 Å². The predicted molar refractivity (Wildman–Crippen MR) is 74.8 cm³/mol. The largest absolute Gasteiger partial charge is 0.487 e. The highest BCUT2D eigenvalue weighted by molar-refractivity contribution is 5.83. The topological polar surface area (TPSA) is 63.9 Å². The van der Waals surface area contributed by atoms with Crippen molar-refractivity contribution in [3.8, 4) is 5.75 Å². The lowest BCUT2D eigenvalue weighted by atomic mass is 10.1. The van der Waals surface area contributed by atoms with Crippen LogP contribution in [0.3, 0.4) is 0 Å². The second-order valence-corrected chi connectivity index (χ2v) is 4.38. The van der Waals surface area contributed by atoms with Gasteiger partial charge >= 0.3 is 0 Å².